The summed E-state index contributed by atoms with van der Waals surface area (Å²) in [7, 11) is 1.53. The predicted octanol–water partition coefficient (Wildman–Crippen LogP) is 5.03. The molecule has 1 heterocycles. The van der Waals surface area contributed by atoms with Crippen LogP contribution in [0.25, 0.3) is 0 Å². The van der Waals surface area contributed by atoms with Crippen LogP contribution in [0.15, 0.2) is 41.4 Å². The largest absolute Gasteiger partial charge is 0.495 e. The molecule has 0 unspecified atom stereocenters. The molecule has 1 aromatic heterocycles. The molecule has 1 amide bonds. The number of methoxy groups -OCH3 is 1. The van der Waals surface area contributed by atoms with Crippen molar-refractivity contribution in [3.05, 3.63) is 75.3 Å². The molecular formula is C24H27ClFN5O2. The standard InChI is InChI=1S/C24H27ClFN5O2/c1-6-31-16(4)19(15(3)30-31)13-27-24(28-21-12-18(25)9-10-22(21)33-5)29-23(32)17-8-7-14(2)20(26)11-17/h7-12H,6,13H2,1-5H3,(H2,27,28,29,32). The Balaban J connectivity index is 1.94. The Bertz CT molecular complexity index is 1210. The molecule has 2 N–H and O–H groups in total. The van der Waals surface area contributed by atoms with E-state index in [0.717, 1.165) is 23.5 Å². The molecule has 0 aliphatic carbocycles. The van der Waals surface area contributed by atoms with Crippen LogP contribution in [-0.2, 0) is 13.1 Å². The van der Waals surface area contributed by atoms with E-state index in [1.807, 2.05) is 25.5 Å². The third-order valence-corrected chi connectivity index (χ3v) is 5.54. The Labute approximate surface area is 197 Å². The fraction of sp³-hybridized carbons (Fsp3) is 0.292. The van der Waals surface area contributed by atoms with Crippen LogP contribution in [-0.4, -0.2) is 28.8 Å². The highest BCUT2D eigenvalue weighted by Crippen LogP contribution is 2.27. The van der Waals surface area contributed by atoms with Crippen molar-refractivity contribution in [3.8, 4) is 5.75 Å². The Morgan fingerprint density at radius 1 is 1.21 bits per heavy atom. The zero-order valence-electron chi connectivity index (χ0n) is 19.3. The maximum atomic E-state index is 14.0. The van der Waals surface area contributed by atoms with Crippen LogP contribution in [0.2, 0.25) is 5.02 Å². The van der Waals surface area contributed by atoms with Gasteiger partial charge in [-0.05, 0) is 63.6 Å². The number of rotatable bonds is 6. The van der Waals surface area contributed by atoms with Crippen molar-refractivity contribution in [2.24, 2.45) is 4.99 Å². The second-order valence-electron chi connectivity index (χ2n) is 7.52. The summed E-state index contributed by atoms with van der Waals surface area (Å²) in [4.78, 5) is 17.5. The number of ether oxygens (including phenoxy) is 1. The molecule has 3 aromatic rings. The molecule has 0 aliphatic heterocycles. The minimum absolute atomic E-state index is 0.171. The smallest absolute Gasteiger partial charge is 0.258 e. The first-order valence-electron chi connectivity index (χ1n) is 10.5. The quantitative estimate of drug-likeness (QED) is 0.390. The molecule has 0 saturated heterocycles. The molecule has 0 saturated carbocycles. The van der Waals surface area contributed by atoms with E-state index in [4.69, 9.17) is 16.3 Å². The van der Waals surface area contributed by atoms with Crippen molar-refractivity contribution >= 4 is 29.2 Å². The molecule has 0 spiro atoms. The molecule has 174 valence electrons. The number of aryl methyl sites for hydroxylation is 3. The molecule has 9 heteroatoms. The summed E-state index contributed by atoms with van der Waals surface area (Å²) < 4.78 is 21.3. The van der Waals surface area contributed by atoms with Crippen molar-refractivity contribution in [3.63, 3.8) is 0 Å². The molecule has 0 aliphatic rings. The highest BCUT2D eigenvalue weighted by Gasteiger charge is 2.15. The molecule has 3 rings (SSSR count). The van der Waals surface area contributed by atoms with Gasteiger partial charge in [0.2, 0.25) is 5.96 Å². The lowest BCUT2D eigenvalue weighted by Crippen LogP contribution is -2.36. The van der Waals surface area contributed by atoms with Gasteiger partial charge in [-0.25, -0.2) is 9.38 Å². The SMILES string of the molecule is CCn1nc(C)c(CN=C(NC(=O)c2ccc(C)c(F)c2)Nc2cc(Cl)ccc2OC)c1C. The minimum atomic E-state index is -0.501. The summed E-state index contributed by atoms with van der Waals surface area (Å²) in [5.41, 5.74) is 4.00. The number of aliphatic imine (C=N–C) groups is 1. The maximum Gasteiger partial charge on any atom is 0.258 e. The second-order valence-corrected chi connectivity index (χ2v) is 7.95. The van der Waals surface area contributed by atoms with Gasteiger partial charge in [0.05, 0.1) is 25.0 Å². The minimum Gasteiger partial charge on any atom is -0.495 e. The van der Waals surface area contributed by atoms with Gasteiger partial charge in [-0.1, -0.05) is 17.7 Å². The van der Waals surface area contributed by atoms with Crippen molar-refractivity contribution in [2.75, 3.05) is 12.4 Å². The summed E-state index contributed by atoms with van der Waals surface area (Å²) in [6, 6.07) is 9.38. The van der Waals surface area contributed by atoms with Crippen LogP contribution in [0.5, 0.6) is 5.75 Å². The normalized spacial score (nSPS) is 11.4. The van der Waals surface area contributed by atoms with Gasteiger partial charge in [0, 0.05) is 28.4 Å². The van der Waals surface area contributed by atoms with Crippen molar-refractivity contribution < 1.29 is 13.9 Å². The van der Waals surface area contributed by atoms with Crippen molar-refractivity contribution in [2.45, 2.75) is 40.8 Å². The predicted molar refractivity (Wildman–Crippen MR) is 129 cm³/mol. The summed E-state index contributed by atoms with van der Waals surface area (Å²) in [5.74, 6) is -0.263. The zero-order valence-corrected chi connectivity index (χ0v) is 20.0. The number of nitrogens with one attached hydrogen (secondary N) is 2. The third kappa shape index (κ3) is 5.70. The number of guanidine groups is 1. The average molecular weight is 472 g/mol. The third-order valence-electron chi connectivity index (χ3n) is 5.31. The van der Waals surface area contributed by atoms with Crippen LogP contribution in [0, 0.1) is 26.6 Å². The van der Waals surface area contributed by atoms with E-state index >= 15 is 0 Å². The number of anilines is 1. The van der Waals surface area contributed by atoms with E-state index in [0.29, 0.717) is 22.0 Å². The van der Waals surface area contributed by atoms with E-state index in [1.165, 1.54) is 13.2 Å². The van der Waals surface area contributed by atoms with Gasteiger partial charge in [-0.3, -0.25) is 14.8 Å². The number of hydrogen-bond acceptors (Lipinski definition) is 4. The van der Waals surface area contributed by atoms with Gasteiger partial charge in [0.1, 0.15) is 11.6 Å². The van der Waals surface area contributed by atoms with E-state index in [1.54, 1.807) is 37.3 Å². The summed E-state index contributed by atoms with van der Waals surface area (Å²) in [5, 5.41) is 10.8. The Kier molecular flexibility index (Phi) is 7.71. The fourth-order valence-electron chi connectivity index (χ4n) is 3.36. The number of carbonyl (C=O) groups excluding carboxylic acids is 1. The Morgan fingerprint density at radius 2 is 1.97 bits per heavy atom. The van der Waals surface area contributed by atoms with Crippen molar-refractivity contribution in [1.82, 2.24) is 15.1 Å². The first kappa shape index (κ1) is 24.3. The molecule has 7 nitrogen and oxygen atoms in total. The number of halogens is 2. The number of aromatic nitrogens is 2. The lowest BCUT2D eigenvalue weighted by Gasteiger charge is -2.15. The number of nitrogens with zero attached hydrogens (tertiary/aromatic N) is 3. The monoisotopic (exact) mass is 471 g/mol. The second kappa shape index (κ2) is 10.5. The van der Waals surface area contributed by atoms with Crippen LogP contribution in [0.3, 0.4) is 0 Å². The molecule has 0 bridgehead atoms. The number of benzene rings is 2. The topological polar surface area (TPSA) is 80.5 Å². The Morgan fingerprint density at radius 3 is 2.61 bits per heavy atom. The fourth-order valence-corrected chi connectivity index (χ4v) is 3.53. The highest BCUT2D eigenvalue weighted by atomic mass is 35.5. The molecule has 33 heavy (non-hydrogen) atoms. The number of hydrogen-bond donors (Lipinski definition) is 2. The van der Waals surface area contributed by atoms with Gasteiger partial charge in [0.15, 0.2) is 0 Å². The van der Waals surface area contributed by atoms with Gasteiger partial charge in [0.25, 0.3) is 5.91 Å². The lowest BCUT2D eigenvalue weighted by molar-refractivity contribution is 0.0976. The molecule has 0 fully saturated rings. The number of carbonyl (C=O) groups is 1. The summed E-state index contributed by atoms with van der Waals surface area (Å²) in [6.07, 6.45) is 0. The van der Waals surface area contributed by atoms with E-state index in [9.17, 15) is 9.18 Å². The van der Waals surface area contributed by atoms with Crippen LogP contribution in [0.1, 0.15) is 39.8 Å². The van der Waals surface area contributed by atoms with E-state index in [2.05, 4.69) is 20.7 Å². The zero-order chi connectivity index (χ0) is 24.1. The van der Waals surface area contributed by atoms with E-state index in [-0.39, 0.29) is 18.1 Å². The van der Waals surface area contributed by atoms with Gasteiger partial charge >= 0.3 is 0 Å². The first-order chi connectivity index (χ1) is 15.7. The molecular weight excluding hydrogens is 445 g/mol. The number of amides is 1. The highest BCUT2D eigenvalue weighted by molar-refractivity contribution is 6.31. The maximum absolute atomic E-state index is 14.0. The van der Waals surface area contributed by atoms with Gasteiger partial charge < -0.3 is 10.1 Å². The summed E-state index contributed by atoms with van der Waals surface area (Å²) >= 11 is 6.15. The van der Waals surface area contributed by atoms with Crippen LogP contribution >= 0.6 is 11.6 Å². The van der Waals surface area contributed by atoms with Crippen LogP contribution < -0.4 is 15.4 Å². The molecule has 0 atom stereocenters. The van der Waals surface area contributed by atoms with Gasteiger partial charge in [-0.2, -0.15) is 5.10 Å². The Hall–Kier alpha value is -3.39. The van der Waals surface area contributed by atoms with Crippen LogP contribution in [0.4, 0.5) is 10.1 Å². The van der Waals surface area contributed by atoms with Gasteiger partial charge in [-0.15, -0.1) is 0 Å². The molecule has 2 aromatic carbocycles. The average Bonchev–Trinajstić information content (AvgIpc) is 3.06. The lowest BCUT2D eigenvalue weighted by atomic mass is 10.1. The molecule has 0 radical (unpaired) electrons. The van der Waals surface area contributed by atoms with Crippen molar-refractivity contribution in [1.29, 1.82) is 0 Å². The van der Waals surface area contributed by atoms with E-state index < -0.39 is 11.7 Å². The first-order valence-corrected chi connectivity index (χ1v) is 10.9. The summed E-state index contributed by atoms with van der Waals surface area (Å²) in [6.45, 7) is 8.59.